The van der Waals surface area contributed by atoms with Crippen molar-refractivity contribution in [1.82, 2.24) is 0 Å². The second-order valence-corrected chi connectivity index (χ2v) is 6.22. The van der Waals surface area contributed by atoms with Crippen molar-refractivity contribution >= 4 is 33.2 Å². The maximum Gasteiger partial charge on any atom is 0.416 e. The number of nitrogens with zero attached hydrogens (tertiary/aromatic N) is 1. The van der Waals surface area contributed by atoms with Crippen molar-refractivity contribution in [3.8, 4) is 6.07 Å². The van der Waals surface area contributed by atoms with E-state index < -0.39 is 17.6 Å². The highest BCUT2D eigenvalue weighted by Gasteiger charge is 2.30. The molecule has 1 amide bonds. The molecule has 2 rings (SSSR count). The van der Waals surface area contributed by atoms with Crippen LogP contribution in [0.25, 0.3) is 0 Å². The lowest BCUT2D eigenvalue weighted by Gasteiger charge is -2.10. The molecule has 2 N–H and O–H groups in total. The van der Waals surface area contributed by atoms with Gasteiger partial charge in [0, 0.05) is 22.0 Å². The summed E-state index contributed by atoms with van der Waals surface area (Å²) in [6.45, 7) is 1.84. The molecule has 2 aromatic rings. The van der Waals surface area contributed by atoms with E-state index in [0.717, 1.165) is 22.2 Å². The number of halogens is 4. The van der Waals surface area contributed by atoms with Crippen LogP contribution in [-0.2, 0) is 11.0 Å². The fourth-order valence-corrected chi connectivity index (χ4v) is 2.53. The number of nitrogens with one attached hydrogen (secondary N) is 2. The highest BCUT2D eigenvalue weighted by molar-refractivity contribution is 9.10. The molecule has 0 saturated heterocycles. The third kappa shape index (κ3) is 5.10. The van der Waals surface area contributed by atoms with E-state index in [-0.39, 0.29) is 11.3 Å². The van der Waals surface area contributed by atoms with E-state index in [1.165, 1.54) is 18.3 Å². The monoisotopic (exact) mass is 423 g/mol. The summed E-state index contributed by atoms with van der Waals surface area (Å²) in [7, 11) is 0. The van der Waals surface area contributed by atoms with Gasteiger partial charge in [0.15, 0.2) is 0 Å². The summed E-state index contributed by atoms with van der Waals surface area (Å²) in [5.41, 5.74) is 0.357. The fraction of sp³-hybridized carbons (Fsp3) is 0.111. The van der Waals surface area contributed by atoms with E-state index in [0.29, 0.717) is 5.69 Å². The van der Waals surface area contributed by atoms with Gasteiger partial charge in [-0.3, -0.25) is 4.79 Å². The van der Waals surface area contributed by atoms with Gasteiger partial charge in [0.1, 0.15) is 11.6 Å². The van der Waals surface area contributed by atoms with Gasteiger partial charge in [-0.1, -0.05) is 22.0 Å². The number of hydrogen-bond acceptors (Lipinski definition) is 3. The Morgan fingerprint density at radius 1 is 1.23 bits per heavy atom. The molecule has 0 unspecified atom stereocenters. The first-order chi connectivity index (χ1) is 12.2. The summed E-state index contributed by atoms with van der Waals surface area (Å²) in [6.07, 6.45) is -3.31. The number of benzene rings is 2. The van der Waals surface area contributed by atoms with Crippen molar-refractivity contribution in [2.24, 2.45) is 0 Å². The van der Waals surface area contributed by atoms with Crippen LogP contribution in [0.3, 0.4) is 0 Å². The molecule has 0 heterocycles. The Kier molecular flexibility index (Phi) is 6.05. The van der Waals surface area contributed by atoms with E-state index in [2.05, 4.69) is 26.6 Å². The van der Waals surface area contributed by atoms with Crippen molar-refractivity contribution in [2.75, 3.05) is 10.6 Å². The lowest BCUT2D eigenvalue weighted by molar-refractivity contribution is -0.137. The summed E-state index contributed by atoms with van der Waals surface area (Å²) < 4.78 is 39.0. The zero-order valence-corrected chi connectivity index (χ0v) is 15.1. The second kappa shape index (κ2) is 8.06. The Morgan fingerprint density at radius 3 is 2.58 bits per heavy atom. The second-order valence-electron chi connectivity index (χ2n) is 5.31. The minimum absolute atomic E-state index is 0.0502. The van der Waals surface area contributed by atoms with E-state index in [1.54, 1.807) is 18.2 Å². The van der Waals surface area contributed by atoms with Gasteiger partial charge in [0.05, 0.1) is 5.56 Å². The van der Waals surface area contributed by atoms with Gasteiger partial charge >= 0.3 is 6.18 Å². The van der Waals surface area contributed by atoms with E-state index in [1.807, 2.05) is 13.0 Å². The predicted molar refractivity (Wildman–Crippen MR) is 96.3 cm³/mol. The van der Waals surface area contributed by atoms with Crippen LogP contribution < -0.4 is 10.6 Å². The van der Waals surface area contributed by atoms with Gasteiger partial charge in [-0.25, -0.2) is 0 Å². The number of hydrogen-bond donors (Lipinski definition) is 2. The number of nitriles is 1. The summed E-state index contributed by atoms with van der Waals surface area (Å²) in [5.74, 6) is -0.811. The van der Waals surface area contributed by atoms with Gasteiger partial charge in [0.25, 0.3) is 5.91 Å². The number of carbonyl (C=O) groups is 1. The van der Waals surface area contributed by atoms with Gasteiger partial charge in [-0.15, -0.1) is 0 Å². The molecular formula is C18H13BrF3N3O. The zero-order valence-electron chi connectivity index (χ0n) is 13.5. The smallest absolute Gasteiger partial charge is 0.360 e. The lowest BCUT2D eigenvalue weighted by atomic mass is 10.2. The minimum Gasteiger partial charge on any atom is -0.360 e. The van der Waals surface area contributed by atoms with Crippen LogP contribution >= 0.6 is 15.9 Å². The lowest BCUT2D eigenvalue weighted by Crippen LogP contribution is -2.15. The van der Waals surface area contributed by atoms with Crippen molar-refractivity contribution in [3.05, 3.63) is 69.8 Å². The molecule has 0 radical (unpaired) electrons. The molecular weight excluding hydrogens is 411 g/mol. The van der Waals surface area contributed by atoms with Crippen LogP contribution in [0, 0.1) is 18.3 Å². The molecule has 8 heteroatoms. The van der Waals surface area contributed by atoms with Crippen LogP contribution in [0.5, 0.6) is 0 Å². The van der Waals surface area contributed by atoms with Crippen LogP contribution in [0.2, 0.25) is 0 Å². The summed E-state index contributed by atoms with van der Waals surface area (Å²) in [6, 6.07) is 11.3. The van der Waals surface area contributed by atoms with Crippen LogP contribution in [-0.4, -0.2) is 5.91 Å². The van der Waals surface area contributed by atoms with Gasteiger partial charge in [-0.05, 0) is 48.9 Å². The summed E-state index contributed by atoms with van der Waals surface area (Å²) >= 11 is 3.33. The fourth-order valence-electron chi connectivity index (χ4n) is 2.06. The van der Waals surface area contributed by atoms with Crippen molar-refractivity contribution in [2.45, 2.75) is 13.1 Å². The molecule has 0 atom stereocenters. The SMILES string of the molecule is Cc1cc(Br)ccc1N/C=C(/C#N)C(=O)Nc1cccc(C(F)(F)F)c1. The van der Waals surface area contributed by atoms with Crippen LogP contribution in [0.1, 0.15) is 11.1 Å². The largest absolute Gasteiger partial charge is 0.416 e. The van der Waals surface area contributed by atoms with Crippen LogP contribution in [0.15, 0.2) is 58.7 Å². The summed E-state index contributed by atoms with van der Waals surface area (Å²) in [5, 5.41) is 14.3. The average molecular weight is 424 g/mol. The first-order valence-electron chi connectivity index (χ1n) is 7.32. The Balaban J connectivity index is 2.15. The first-order valence-corrected chi connectivity index (χ1v) is 8.11. The van der Waals surface area contributed by atoms with E-state index in [9.17, 15) is 18.0 Å². The number of anilines is 2. The van der Waals surface area contributed by atoms with Crippen molar-refractivity contribution in [3.63, 3.8) is 0 Å². The van der Waals surface area contributed by atoms with Gasteiger partial charge < -0.3 is 10.6 Å². The topological polar surface area (TPSA) is 64.9 Å². The molecule has 2 aromatic carbocycles. The quantitative estimate of drug-likeness (QED) is 0.522. The number of amides is 1. The summed E-state index contributed by atoms with van der Waals surface area (Å²) in [4.78, 5) is 12.1. The Bertz CT molecular complexity index is 901. The maximum atomic E-state index is 12.7. The standard InChI is InChI=1S/C18H13BrF3N3O/c1-11-7-14(19)5-6-16(11)24-10-12(9-23)17(26)25-15-4-2-3-13(8-15)18(20,21)22/h2-8,10,24H,1H3,(H,25,26)/b12-10-. The van der Waals surface area contributed by atoms with E-state index in [4.69, 9.17) is 5.26 Å². The molecule has 4 nitrogen and oxygen atoms in total. The predicted octanol–water partition coefficient (Wildman–Crippen LogP) is 5.23. The molecule has 134 valence electrons. The molecule has 0 aliphatic rings. The number of aryl methyl sites for hydroxylation is 1. The molecule has 0 spiro atoms. The number of alkyl halides is 3. The van der Waals surface area contributed by atoms with Gasteiger partial charge in [-0.2, -0.15) is 18.4 Å². The molecule has 0 aromatic heterocycles. The zero-order chi connectivity index (χ0) is 19.3. The van der Waals surface area contributed by atoms with Crippen LogP contribution in [0.4, 0.5) is 24.5 Å². The highest BCUT2D eigenvalue weighted by Crippen LogP contribution is 2.30. The maximum absolute atomic E-state index is 12.7. The van der Waals surface area contributed by atoms with E-state index >= 15 is 0 Å². The van der Waals surface area contributed by atoms with Crippen molar-refractivity contribution in [1.29, 1.82) is 5.26 Å². The van der Waals surface area contributed by atoms with Gasteiger partial charge in [0.2, 0.25) is 0 Å². The average Bonchev–Trinajstić information content (AvgIpc) is 2.56. The Hall–Kier alpha value is -2.79. The molecule has 0 bridgehead atoms. The molecule has 0 aliphatic heterocycles. The molecule has 0 saturated carbocycles. The Labute approximate surface area is 156 Å². The first kappa shape index (κ1) is 19.5. The number of carbonyl (C=O) groups excluding carboxylic acids is 1. The number of rotatable bonds is 4. The third-order valence-electron chi connectivity index (χ3n) is 3.37. The molecule has 0 aliphatic carbocycles. The minimum atomic E-state index is -4.52. The van der Waals surface area contributed by atoms with Crippen molar-refractivity contribution < 1.29 is 18.0 Å². The molecule has 0 fully saturated rings. The molecule has 26 heavy (non-hydrogen) atoms. The Morgan fingerprint density at radius 2 is 1.96 bits per heavy atom. The normalized spacial score (nSPS) is 11.6. The highest BCUT2D eigenvalue weighted by atomic mass is 79.9. The third-order valence-corrected chi connectivity index (χ3v) is 3.87.